The van der Waals surface area contributed by atoms with Gasteiger partial charge in [-0.2, -0.15) is 0 Å². The molecular formula is C25H20N2O4S. The summed E-state index contributed by atoms with van der Waals surface area (Å²) in [4.78, 5) is 34.3. The molecule has 0 atom stereocenters. The molecule has 0 spiro atoms. The van der Waals surface area contributed by atoms with E-state index in [9.17, 15) is 9.59 Å². The first-order chi connectivity index (χ1) is 15.5. The summed E-state index contributed by atoms with van der Waals surface area (Å²) < 4.78 is 10.5. The molecule has 4 aromatic rings. The number of pyridine rings is 2. The minimum atomic E-state index is -0.397. The summed E-state index contributed by atoms with van der Waals surface area (Å²) in [7, 11) is 1.35. The van der Waals surface area contributed by atoms with Crippen LogP contribution in [0.2, 0.25) is 0 Å². The highest BCUT2D eigenvalue weighted by atomic mass is 32.1. The zero-order chi connectivity index (χ0) is 22.5. The first-order valence-electron chi connectivity index (χ1n) is 9.88. The lowest BCUT2D eigenvalue weighted by Gasteiger charge is -2.05. The number of thiophene rings is 1. The van der Waals surface area contributed by atoms with E-state index in [-0.39, 0.29) is 5.78 Å². The smallest absolute Gasteiger partial charge is 0.348 e. The van der Waals surface area contributed by atoms with E-state index in [1.54, 1.807) is 18.3 Å². The molecule has 0 aliphatic heterocycles. The largest absolute Gasteiger partial charge is 0.487 e. The normalized spacial score (nSPS) is 11.1. The first kappa shape index (κ1) is 21.4. The number of hydrogen-bond donors (Lipinski definition) is 0. The van der Waals surface area contributed by atoms with Gasteiger partial charge in [-0.15, -0.1) is 11.3 Å². The van der Waals surface area contributed by atoms with E-state index in [0.29, 0.717) is 21.9 Å². The number of ketones is 1. The van der Waals surface area contributed by atoms with Gasteiger partial charge in [0.1, 0.15) is 22.1 Å². The van der Waals surface area contributed by atoms with E-state index in [1.807, 2.05) is 49.4 Å². The van der Waals surface area contributed by atoms with Crippen LogP contribution in [0.5, 0.6) is 5.75 Å². The summed E-state index contributed by atoms with van der Waals surface area (Å²) >= 11 is 1.26. The van der Waals surface area contributed by atoms with E-state index in [4.69, 9.17) is 9.47 Å². The number of carbonyl (C=O) groups excluding carboxylic acids is 2. The number of rotatable bonds is 7. The van der Waals surface area contributed by atoms with Gasteiger partial charge in [-0.3, -0.25) is 9.78 Å². The standard InChI is InChI=1S/C25H20N2O4S/c1-16-21-13-18(14-27-24(21)32-23(16)25(29)30-2)22(28)11-8-17-6-9-20(10-7-17)31-15-19-5-3-4-12-26-19/h3-14H,15H2,1-2H3. The van der Waals surface area contributed by atoms with Crippen molar-refractivity contribution in [2.24, 2.45) is 0 Å². The van der Waals surface area contributed by atoms with Gasteiger partial charge in [0.2, 0.25) is 0 Å². The summed E-state index contributed by atoms with van der Waals surface area (Å²) in [6, 6.07) is 14.9. The van der Waals surface area contributed by atoms with Gasteiger partial charge in [0.15, 0.2) is 5.78 Å². The van der Waals surface area contributed by atoms with Gasteiger partial charge in [-0.05, 0) is 54.5 Å². The van der Waals surface area contributed by atoms with Crippen LogP contribution in [0.4, 0.5) is 0 Å². The lowest BCUT2D eigenvalue weighted by atomic mass is 10.1. The third-order valence-corrected chi connectivity index (χ3v) is 6.07. The van der Waals surface area contributed by atoms with Gasteiger partial charge < -0.3 is 9.47 Å². The van der Waals surface area contributed by atoms with Crippen LogP contribution >= 0.6 is 11.3 Å². The van der Waals surface area contributed by atoms with Gasteiger partial charge in [0.05, 0.1) is 12.8 Å². The maximum absolute atomic E-state index is 12.6. The molecular weight excluding hydrogens is 424 g/mol. The number of methoxy groups -OCH3 is 1. The highest BCUT2D eigenvalue weighted by Crippen LogP contribution is 2.30. The highest BCUT2D eigenvalue weighted by molar-refractivity contribution is 7.20. The Labute approximate surface area is 189 Å². The zero-order valence-corrected chi connectivity index (χ0v) is 18.4. The maximum atomic E-state index is 12.6. The van der Waals surface area contributed by atoms with Crippen molar-refractivity contribution >= 4 is 39.4 Å². The molecule has 0 fully saturated rings. The van der Waals surface area contributed by atoms with Crippen molar-refractivity contribution in [1.29, 1.82) is 0 Å². The second kappa shape index (κ2) is 9.53. The van der Waals surface area contributed by atoms with Crippen LogP contribution in [-0.2, 0) is 11.3 Å². The Bertz CT molecular complexity index is 1300. The molecule has 0 amide bonds. The summed E-state index contributed by atoms with van der Waals surface area (Å²) in [5.41, 5.74) is 2.95. The van der Waals surface area contributed by atoms with Gasteiger partial charge in [0, 0.05) is 23.3 Å². The van der Waals surface area contributed by atoms with Crippen LogP contribution in [0.15, 0.2) is 67.0 Å². The fourth-order valence-corrected chi connectivity index (χ4v) is 4.15. The highest BCUT2D eigenvalue weighted by Gasteiger charge is 2.17. The maximum Gasteiger partial charge on any atom is 0.348 e. The van der Waals surface area contributed by atoms with Crippen molar-refractivity contribution in [3.63, 3.8) is 0 Å². The molecule has 0 saturated carbocycles. The molecule has 160 valence electrons. The third-order valence-electron chi connectivity index (χ3n) is 4.87. The minimum absolute atomic E-state index is 0.167. The Kier molecular flexibility index (Phi) is 6.37. The number of aryl methyl sites for hydroxylation is 1. The van der Waals surface area contributed by atoms with Crippen LogP contribution in [0.25, 0.3) is 16.3 Å². The summed E-state index contributed by atoms with van der Waals surface area (Å²) in [6.45, 7) is 2.22. The SMILES string of the molecule is COC(=O)c1sc2ncc(C(=O)C=Cc3ccc(OCc4ccccn4)cc3)cc2c1C. The van der Waals surface area contributed by atoms with E-state index in [2.05, 4.69) is 9.97 Å². The summed E-state index contributed by atoms with van der Waals surface area (Å²) in [6.07, 6.45) is 6.51. The Hall–Kier alpha value is -3.84. The molecule has 4 rings (SSSR count). The molecule has 6 nitrogen and oxygen atoms in total. The van der Waals surface area contributed by atoms with Gasteiger partial charge in [0.25, 0.3) is 0 Å². The van der Waals surface area contributed by atoms with Crippen molar-refractivity contribution < 1.29 is 19.1 Å². The lowest BCUT2D eigenvalue weighted by Crippen LogP contribution is -1.99. The van der Waals surface area contributed by atoms with Crippen molar-refractivity contribution in [2.75, 3.05) is 7.11 Å². The van der Waals surface area contributed by atoms with Crippen LogP contribution in [0.3, 0.4) is 0 Å². The number of ether oxygens (including phenoxy) is 2. The topological polar surface area (TPSA) is 78.4 Å². The molecule has 0 saturated heterocycles. The lowest BCUT2D eigenvalue weighted by molar-refractivity contribution is 0.0605. The van der Waals surface area contributed by atoms with Crippen LogP contribution in [-0.4, -0.2) is 28.8 Å². The number of benzene rings is 1. The molecule has 7 heteroatoms. The Morgan fingerprint density at radius 2 is 1.91 bits per heavy atom. The van der Waals surface area contributed by atoms with Gasteiger partial charge in [-0.25, -0.2) is 9.78 Å². The number of carbonyl (C=O) groups is 2. The van der Waals surface area contributed by atoms with Crippen LogP contribution < -0.4 is 4.74 Å². The number of nitrogens with zero attached hydrogens (tertiary/aromatic N) is 2. The molecule has 0 aliphatic carbocycles. The fraction of sp³-hybridized carbons (Fsp3) is 0.120. The predicted octanol–water partition coefficient (Wildman–Crippen LogP) is 5.26. The number of esters is 1. The number of fused-ring (bicyclic) bond motifs is 1. The number of hydrogen-bond acceptors (Lipinski definition) is 7. The molecule has 1 aromatic carbocycles. The van der Waals surface area contributed by atoms with Crippen LogP contribution in [0, 0.1) is 6.92 Å². The monoisotopic (exact) mass is 444 g/mol. The zero-order valence-electron chi connectivity index (χ0n) is 17.6. The van der Waals surface area contributed by atoms with Crippen LogP contribution in [0.1, 0.15) is 36.9 Å². The van der Waals surface area contributed by atoms with E-state index in [1.165, 1.54) is 30.7 Å². The number of aromatic nitrogens is 2. The quantitative estimate of drug-likeness (QED) is 0.220. The van der Waals surface area contributed by atoms with Crippen molar-refractivity contribution in [3.8, 4) is 5.75 Å². The molecule has 3 aromatic heterocycles. The molecule has 0 unspecified atom stereocenters. The Balaban J connectivity index is 1.44. The average Bonchev–Trinajstić information content (AvgIpc) is 3.17. The second-order valence-electron chi connectivity index (χ2n) is 7.00. The predicted molar refractivity (Wildman–Crippen MR) is 124 cm³/mol. The van der Waals surface area contributed by atoms with E-state index < -0.39 is 5.97 Å². The first-order valence-corrected chi connectivity index (χ1v) is 10.7. The van der Waals surface area contributed by atoms with Gasteiger partial charge >= 0.3 is 5.97 Å². The number of allylic oxidation sites excluding steroid dienone is 1. The molecule has 0 aliphatic rings. The molecule has 3 heterocycles. The van der Waals surface area contributed by atoms with Gasteiger partial charge in [-0.1, -0.05) is 24.3 Å². The molecule has 32 heavy (non-hydrogen) atoms. The Morgan fingerprint density at radius 1 is 1.09 bits per heavy atom. The van der Waals surface area contributed by atoms with E-state index in [0.717, 1.165) is 28.0 Å². The third kappa shape index (κ3) is 4.73. The summed E-state index contributed by atoms with van der Waals surface area (Å²) in [5.74, 6) is 0.161. The second-order valence-corrected chi connectivity index (χ2v) is 8.00. The van der Waals surface area contributed by atoms with Crippen molar-refractivity contribution in [3.05, 3.63) is 94.3 Å². The fourth-order valence-electron chi connectivity index (χ4n) is 3.10. The molecule has 0 radical (unpaired) electrons. The molecule has 0 N–H and O–H groups in total. The van der Waals surface area contributed by atoms with Crippen molar-refractivity contribution in [2.45, 2.75) is 13.5 Å². The minimum Gasteiger partial charge on any atom is -0.487 e. The van der Waals surface area contributed by atoms with E-state index >= 15 is 0 Å². The average molecular weight is 445 g/mol. The summed E-state index contributed by atoms with van der Waals surface area (Å²) in [5, 5.41) is 0.782. The molecule has 0 bridgehead atoms. The van der Waals surface area contributed by atoms with Crippen molar-refractivity contribution in [1.82, 2.24) is 9.97 Å². The Morgan fingerprint density at radius 3 is 2.62 bits per heavy atom.